The molecule has 0 saturated heterocycles. The van der Waals surface area contributed by atoms with Gasteiger partial charge in [0.25, 0.3) is 0 Å². The number of pyridine rings is 1. The number of hydrogen-bond donors (Lipinski definition) is 3. The van der Waals surface area contributed by atoms with Crippen molar-refractivity contribution in [3.63, 3.8) is 0 Å². The number of nitrogens with one attached hydrogen (secondary N) is 1. The number of hydrogen-bond acceptors (Lipinski definition) is 5. The minimum Gasteiger partial charge on any atom is -0.497 e. The van der Waals surface area contributed by atoms with E-state index in [0.717, 1.165) is 27.8 Å². The molecule has 0 radical (unpaired) electrons. The van der Waals surface area contributed by atoms with E-state index in [4.69, 9.17) is 38.7 Å². The van der Waals surface area contributed by atoms with Gasteiger partial charge >= 0.3 is 0 Å². The molecule has 0 aliphatic carbocycles. The number of aliphatic hydroxyl groups is 1. The Balaban J connectivity index is 2.11. The fraction of sp³-hybridized carbons (Fsp3) is 0.211. The highest BCUT2D eigenvalue weighted by molar-refractivity contribution is 6.42. The highest BCUT2D eigenvalue weighted by Gasteiger charge is 2.11. The molecule has 3 rings (SSSR count). The number of aliphatic hydroxyl groups excluding tert-OH is 1. The monoisotopic (exact) mass is 391 g/mol. The molecule has 136 valence electrons. The van der Waals surface area contributed by atoms with Crippen LogP contribution in [-0.4, -0.2) is 36.4 Å². The van der Waals surface area contributed by atoms with Crippen LogP contribution in [0.5, 0.6) is 5.75 Å². The third kappa shape index (κ3) is 4.02. The van der Waals surface area contributed by atoms with E-state index in [1.807, 2.05) is 30.3 Å². The zero-order valence-electron chi connectivity index (χ0n) is 14.2. The molecular weight excluding hydrogens is 373 g/mol. The summed E-state index contributed by atoms with van der Waals surface area (Å²) >= 11 is 12.2. The molecule has 0 spiro atoms. The number of nitrogens with zero attached hydrogens (tertiary/aromatic N) is 1. The van der Waals surface area contributed by atoms with Crippen molar-refractivity contribution in [2.24, 2.45) is 5.73 Å². The van der Waals surface area contributed by atoms with Gasteiger partial charge in [0.2, 0.25) is 0 Å². The van der Waals surface area contributed by atoms with Gasteiger partial charge in [0.1, 0.15) is 5.75 Å². The fourth-order valence-electron chi connectivity index (χ4n) is 2.60. The number of methoxy groups -OCH3 is 1. The molecule has 26 heavy (non-hydrogen) atoms. The van der Waals surface area contributed by atoms with Crippen molar-refractivity contribution in [2.75, 3.05) is 25.5 Å². The minimum atomic E-state index is -0.634. The highest BCUT2D eigenvalue weighted by Crippen LogP contribution is 2.33. The van der Waals surface area contributed by atoms with E-state index >= 15 is 0 Å². The van der Waals surface area contributed by atoms with Gasteiger partial charge < -0.3 is 20.9 Å². The van der Waals surface area contributed by atoms with Crippen molar-refractivity contribution in [3.05, 3.63) is 52.5 Å². The third-order valence-corrected chi connectivity index (χ3v) is 4.77. The lowest BCUT2D eigenvalue weighted by atomic mass is 10.1. The van der Waals surface area contributed by atoms with Gasteiger partial charge in [-0.3, -0.25) is 0 Å². The number of benzene rings is 2. The second-order valence-electron chi connectivity index (χ2n) is 5.84. The van der Waals surface area contributed by atoms with E-state index in [-0.39, 0.29) is 6.54 Å². The Morgan fingerprint density at radius 1 is 1.15 bits per heavy atom. The number of rotatable bonds is 6. The second-order valence-corrected chi connectivity index (χ2v) is 6.65. The summed E-state index contributed by atoms with van der Waals surface area (Å²) < 4.78 is 5.30. The van der Waals surface area contributed by atoms with Crippen molar-refractivity contribution in [1.82, 2.24) is 4.98 Å². The molecule has 2 aromatic carbocycles. The van der Waals surface area contributed by atoms with E-state index in [2.05, 4.69) is 5.32 Å². The van der Waals surface area contributed by atoms with Crippen molar-refractivity contribution >= 4 is 39.8 Å². The number of halogens is 2. The van der Waals surface area contributed by atoms with E-state index in [1.54, 1.807) is 19.2 Å². The Kier molecular flexibility index (Phi) is 5.84. The number of ether oxygens (including phenoxy) is 1. The predicted octanol–water partition coefficient (Wildman–Crippen LogP) is 3.95. The first kappa shape index (κ1) is 18.7. The molecule has 4 N–H and O–H groups in total. The van der Waals surface area contributed by atoms with E-state index in [9.17, 15) is 5.11 Å². The first-order chi connectivity index (χ1) is 12.5. The van der Waals surface area contributed by atoms with Gasteiger partial charge in [-0.05, 0) is 30.3 Å². The van der Waals surface area contributed by atoms with Crippen LogP contribution in [0.2, 0.25) is 10.0 Å². The van der Waals surface area contributed by atoms with Crippen molar-refractivity contribution in [2.45, 2.75) is 6.10 Å². The normalized spacial score (nSPS) is 12.2. The molecule has 0 fully saturated rings. The standard InChI is InChI=1S/C19H19Cl2N3O2/c1-26-13-3-4-14-18(23-10-12(25)9-22)8-17(24-19(14)7-13)11-2-5-15(20)16(21)6-11/h2-8,12,25H,9-10,22H2,1H3,(H,23,24)/t12-/m0/s1. The van der Waals surface area contributed by atoms with Gasteiger partial charge in [-0.1, -0.05) is 29.3 Å². The van der Waals surface area contributed by atoms with Gasteiger partial charge in [-0.15, -0.1) is 0 Å². The number of anilines is 1. The zero-order chi connectivity index (χ0) is 18.7. The highest BCUT2D eigenvalue weighted by atomic mass is 35.5. The lowest BCUT2D eigenvalue weighted by molar-refractivity contribution is 0.196. The van der Waals surface area contributed by atoms with Crippen molar-refractivity contribution in [1.29, 1.82) is 0 Å². The summed E-state index contributed by atoms with van der Waals surface area (Å²) in [5.41, 5.74) is 8.66. The van der Waals surface area contributed by atoms with Crippen LogP contribution < -0.4 is 15.8 Å². The average molecular weight is 392 g/mol. The molecule has 5 nitrogen and oxygen atoms in total. The lowest BCUT2D eigenvalue weighted by Gasteiger charge is -2.15. The first-order valence-corrected chi connectivity index (χ1v) is 8.83. The SMILES string of the molecule is COc1ccc2c(NC[C@@H](O)CN)cc(-c3ccc(Cl)c(Cl)c3)nc2c1. The first-order valence-electron chi connectivity index (χ1n) is 8.08. The Hall–Kier alpha value is -2.05. The van der Waals surface area contributed by atoms with Gasteiger partial charge in [0.05, 0.1) is 34.5 Å². The number of aromatic nitrogens is 1. The van der Waals surface area contributed by atoms with Crippen LogP contribution in [-0.2, 0) is 0 Å². The van der Waals surface area contributed by atoms with Crippen LogP contribution in [0.4, 0.5) is 5.69 Å². The maximum Gasteiger partial charge on any atom is 0.121 e. The molecule has 1 heterocycles. The van der Waals surface area contributed by atoms with Crippen LogP contribution in [0.1, 0.15) is 0 Å². The second kappa shape index (κ2) is 8.10. The Morgan fingerprint density at radius 2 is 1.96 bits per heavy atom. The maximum atomic E-state index is 9.77. The lowest BCUT2D eigenvalue weighted by Crippen LogP contribution is -2.27. The summed E-state index contributed by atoms with van der Waals surface area (Å²) in [6, 6.07) is 12.9. The topological polar surface area (TPSA) is 80.4 Å². The smallest absolute Gasteiger partial charge is 0.121 e. The summed E-state index contributed by atoms with van der Waals surface area (Å²) in [7, 11) is 1.61. The third-order valence-electron chi connectivity index (χ3n) is 4.03. The summed E-state index contributed by atoms with van der Waals surface area (Å²) in [5.74, 6) is 0.712. The molecule has 0 bridgehead atoms. The summed E-state index contributed by atoms with van der Waals surface area (Å²) in [5, 5.41) is 14.9. The van der Waals surface area contributed by atoms with Crippen LogP contribution in [0.15, 0.2) is 42.5 Å². The molecule has 0 aliphatic heterocycles. The van der Waals surface area contributed by atoms with Crippen LogP contribution >= 0.6 is 23.2 Å². The van der Waals surface area contributed by atoms with Gasteiger partial charge in [-0.25, -0.2) is 4.98 Å². The quantitative estimate of drug-likeness (QED) is 0.592. The van der Waals surface area contributed by atoms with Crippen LogP contribution in [0.25, 0.3) is 22.2 Å². The molecule has 7 heteroatoms. The maximum absolute atomic E-state index is 9.77. The number of fused-ring (bicyclic) bond motifs is 1. The van der Waals surface area contributed by atoms with E-state index in [0.29, 0.717) is 22.3 Å². The van der Waals surface area contributed by atoms with E-state index in [1.165, 1.54) is 0 Å². The molecular formula is C19H19Cl2N3O2. The molecule has 1 aromatic heterocycles. The molecule has 3 aromatic rings. The largest absolute Gasteiger partial charge is 0.497 e. The van der Waals surface area contributed by atoms with Gasteiger partial charge in [-0.2, -0.15) is 0 Å². The Morgan fingerprint density at radius 3 is 2.65 bits per heavy atom. The Bertz CT molecular complexity index is 934. The minimum absolute atomic E-state index is 0.184. The summed E-state index contributed by atoms with van der Waals surface area (Å²) in [4.78, 5) is 4.72. The van der Waals surface area contributed by atoms with Gasteiger partial charge in [0, 0.05) is 35.8 Å². The Labute approximate surface area is 161 Å². The van der Waals surface area contributed by atoms with Crippen molar-refractivity contribution < 1.29 is 9.84 Å². The van der Waals surface area contributed by atoms with E-state index < -0.39 is 6.10 Å². The molecule has 0 unspecified atom stereocenters. The summed E-state index contributed by atoms with van der Waals surface area (Å²) in [6.45, 7) is 0.520. The van der Waals surface area contributed by atoms with Gasteiger partial charge in [0.15, 0.2) is 0 Å². The van der Waals surface area contributed by atoms with Crippen molar-refractivity contribution in [3.8, 4) is 17.0 Å². The van der Waals surface area contributed by atoms with Crippen LogP contribution in [0.3, 0.4) is 0 Å². The molecule has 0 aliphatic rings. The predicted molar refractivity (Wildman–Crippen MR) is 107 cm³/mol. The molecule has 1 atom stereocenters. The average Bonchev–Trinajstić information content (AvgIpc) is 2.67. The number of nitrogens with two attached hydrogens (primary N) is 1. The molecule has 0 amide bonds. The summed E-state index contributed by atoms with van der Waals surface area (Å²) in [6.07, 6.45) is -0.634. The zero-order valence-corrected chi connectivity index (χ0v) is 15.7. The molecule has 0 saturated carbocycles. The van der Waals surface area contributed by atoms with Crippen LogP contribution in [0, 0.1) is 0 Å². The fourth-order valence-corrected chi connectivity index (χ4v) is 2.89.